The summed E-state index contributed by atoms with van der Waals surface area (Å²) in [5.41, 5.74) is 0.599. The SMILES string of the molecule is CCN(CC(C)C#N)C(=O)c1ccc(Cl)cc1. The monoisotopic (exact) mass is 250 g/mol. The molecular weight excluding hydrogens is 236 g/mol. The fourth-order valence-corrected chi connectivity index (χ4v) is 1.63. The molecule has 0 spiro atoms. The van der Waals surface area contributed by atoms with Crippen LogP contribution >= 0.6 is 11.6 Å². The lowest BCUT2D eigenvalue weighted by Gasteiger charge is -2.22. The Morgan fingerprint density at radius 1 is 1.47 bits per heavy atom. The molecule has 0 aliphatic heterocycles. The molecule has 0 bridgehead atoms. The first kappa shape index (κ1) is 13.5. The van der Waals surface area contributed by atoms with Crippen molar-refractivity contribution >= 4 is 17.5 Å². The fraction of sp³-hybridized carbons (Fsp3) is 0.385. The molecule has 1 amide bonds. The Hall–Kier alpha value is -1.53. The maximum absolute atomic E-state index is 12.1. The molecule has 90 valence electrons. The van der Waals surface area contributed by atoms with Gasteiger partial charge in [0.1, 0.15) is 0 Å². The van der Waals surface area contributed by atoms with Crippen LogP contribution in [-0.4, -0.2) is 23.9 Å². The number of carbonyl (C=O) groups excluding carboxylic acids is 1. The third kappa shape index (κ3) is 3.76. The van der Waals surface area contributed by atoms with Crippen molar-refractivity contribution in [1.82, 2.24) is 4.90 Å². The highest BCUT2D eigenvalue weighted by atomic mass is 35.5. The van der Waals surface area contributed by atoms with Crippen LogP contribution in [0, 0.1) is 17.2 Å². The van der Waals surface area contributed by atoms with Crippen molar-refractivity contribution in [1.29, 1.82) is 5.26 Å². The molecule has 1 aromatic rings. The van der Waals surface area contributed by atoms with E-state index >= 15 is 0 Å². The van der Waals surface area contributed by atoms with Crippen molar-refractivity contribution in [2.75, 3.05) is 13.1 Å². The first-order valence-electron chi connectivity index (χ1n) is 5.53. The summed E-state index contributed by atoms with van der Waals surface area (Å²) in [6.45, 7) is 4.75. The van der Waals surface area contributed by atoms with E-state index < -0.39 is 0 Å². The average Bonchev–Trinajstić information content (AvgIpc) is 2.35. The molecule has 0 fully saturated rings. The maximum atomic E-state index is 12.1. The van der Waals surface area contributed by atoms with Gasteiger partial charge in [-0.1, -0.05) is 11.6 Å². The quantitative estimate of drug-likeness (QED) is 0.825. The largest absolute Gasteiger partial charge is 0.338 e. The minimum Gasteiger partial charge on any atom is -0.338 e. The lowest BCUT2D eigenvalue weighted by molar-refractivity contribution is 0.0752. The van der Waals surface area contributed by atoms with E-state index in [0.29, 0.717) is 23.7 Å². The van der Waals surface area contributed by atoms with Crippen LogP contribution in [0.5, 0.6) is 0 Å². The van der Waals surface area contributed by atoms with Crippen LogP contribution in [0.4, 0.5) is 0 Å². The van der Waals surface area contributed by atoms with E-state index in [-0.39, 0.29) is 11.8 Å². The highest BCUT2D eigenvalue weighted by Gasteiger charge is 2.16. The van der Waals surface area contributed by atoms with E-state index in [9.17, 15) is 4.79 Å². The van der Waals surface area contributed by atoms with Crippen LogP contribution in [0.15, 0.2) is 24.3 Å². The van der Waals surface area contributed by atoms with E-state index in [4.69, 9.17) is 16.9 Å². The maximum Gasteiger partial charge on any atom is 0.253 e. The van der Waals surface area contributed by atoms with Crippen molar-refractivity contribution in [3.8, 4) is 6.07 Å². The van der Waals surface area contributed by atoms with Crippen LogP contribution in [0.2, 0.25) is 5.02 Å². The Balaban J connectivity index is 2.79. The number of carbonyl (C=O) groups is 1. The standard InChI is InChI=1S/C13H15ClN2O/c1-3-16(9-10(2)8-15)13(17)11-4-6-12(14)7-5-11/h4-7,10H,3,9H2,1-2H3. The Kier molecular flexibility index (Phi) is 4.99. The number of halogens is 1. The van der Waals surface area contributed by atoms with Crippen LogP contribution in [-0.2, 0) is 0 Å². The lowest BCUT2D eigenvalue weighted by atomic mass is 10.1. The summed E-state index contributed by atoms with van der Waals surface area (Å²) in [5, 5.41) is 9.37. The Labute approximate surface area is 107 Å². The number of nitriles is 1. The van der Waals surface area contributed by atoms with Crippen LogP contribution < -0.4 is 0 Å². The number of hydrogen-bond acceptors (Lipinski definition) is 2. The Bertz CT molecular complexity index is 422. The first-order valence-corrected chi connectivity index (χ1v) is 5.90. The van der Waals surface area contributed by atoms with Gasteiger partial charge in [-0.2, -0.15) is 5.26 Å². The highest BCUT2D eigenvalue weighted by Crippen LogP contribution is 2.12. The van der Waals surface area contributed by atoms with Gasteiger partial charge in [-0.05, 0) is 38.1 Å². The zero-order chi connectivity index (χ0) is 12.8. The Morgan fingerprint density at radius 3 is 2.53 bits per heavy atom. The van der Waals surface area contributed by atoms with Gasteiger partial charge in [-0.15, -0.1) is 0 Å². The predicted octanol–water partition coefficient (Wildman–Crippen LogP) is 2.96. The van der Waals surface area contributed by atoms with Crippen molar-refractivity contribution in [2.45, 2.75) is 13.8 Å². The molecule has 0 aromatic heterocycles. The molecule has 3 nitrogen and oxygen atoms in total. The second-order valence-corrected chi connectivity index (χ2v) is 4.32. The highest BCUT2D eigenvalue weighted by molar-refractivity contribution is 6.30. The molecule has 1 unspecified atom stereocenters. The van der Waals surface area contributed by atoms with Crippen LogP contribution in [0.25, 0.3) is 0 Å². The molecule has 0 saturated heterocycles. The topological polar surface area (TPSA) is 44.1 Å². The summed E-state index contributed by atoms with van der Waals surface area (Å²) >= 11 is 5.77. The van der Waals surface area contributed by atoms with Gasteiger partial charge >= 0.3 is 0 Å². The number of nitrogens with zero attached hydrogens (tertiary/aromatic N) is 2. The van der Waals surface area contributed by atoms with E-state index in [2.05, 4.69) is 6.07 Å². The molecule has 0 saturated carbocycles. The van der Waals surface area contributed by atoms with Crippen molar-refractivity contribution < 1.29 is 4.79 Å². The molecule has 1 rings (SSSR count). The minimum absolute atomic E-state index is 0.0636. The minimum atomic E-state index is -0.161. The fourth-order valence-electron chi connectivity index (χ4n) is 1.50. The third-order valence-corrected chi connectivity index (χ3v) is 2.73. The van der Waals surface area contributed by atoms with Crippen molar-refractivity contribution in [3.05, 3.63) is 34.9 Å². The first-order chi connectivity index (χ1) is 8.08. The van der Waals surface area contributed by atoms with Gasteiger partial charge in [0.15, 0.2) is 0 Å². The number of hydrogen-bond donors (Lipinski definition) is 0. The Morgan fingerprint density at radius 2 is 2.06 bits per heavy atom. The summed E-state index contributed by atoms with van der Waals surface area (Å²) in [4.78, 5) is 13.8. The number of rotatable bonds is 4. The summed E-state index contributed by atoms with van der Waals surface area (Å²) < 4.78 is 0. The van der Waals surface area contributed by atoms with E-state index in [1.165, 1.54) is 0 Å². The zero-order valence-corrected chi connectivity index (χ0v) is 10.7. The average molecular weight is 251 g/mol. The molecule has 0 aliphatic carbocycles. The lowest BCUT2D eigenvalue weighted by Crippen LogP contribution is -2.34. The molecular formula is C13H15ClN2O. The van der Waals surface area contributed by atoms with E-state index in [0.717, 1.165) is 0 Å². The summed E-state index contributed by atoms with van der Waals surface area (Å²) in [5.74, 6) is -0.225. The van der Waals surface area contributed by atoms with Crippen LogP contribution in [0.3, 0.4) is 0 Å². The van der Waals surface area contributed by atoms with Gasteiger partial charge in [0, 0.05) is 23.7 Å². The zero-order valence-electron chi connectivity index (χ0n) is 9.98. The summed E-state index contributed by atoms with van der Waals surface area (Å²) in [6.07, 6.45) is 0. The normalized spacial score (nSPS) is 11.6. The molecule has 4 heteroatoms. The summed E-state index contributed by atoms with van der Waals surface area (Å²) in [6, 6.07) is 8.91. The molecule has 0 N–H and O–H groups in total. The summed E-state index contributed by atoms with van der Waals surface area (Å²) in [7, 11) is 0. The second kappa shape index (κ2) is 6.27. The van der Waals surface area contributed by atoms with Gasteiger partial charge in [0.2, 0.25) is 0 Å². The molecule has 1 atom stereocenters. The van der Waals surface area contributed by atoms with E-state index in [1.54, 1.807) is 36.1 Å². The molecule has 17 heavy (non-hydrogen) atoms. The number of benzene rings is 1. The predicted molar refractivity (Wildman–Crippen MR) is 67.8 cm³/mol. The van der Waals surface area contributed by atoms with Gasteiger partial charge < -0.3 is 4.90 Å². The van der Waals surface area contributed by atoms with Gasteiger partial charge in [0.05, 0.1) is 12.0 Å². The van der Waals surface area contributed by atoms with Gasteiger partial charge in [-0.3, -0.25) is 4.79 Å². The van der Waals surface area contributed by atoms with Crippen molar-refractivity contribution in [2.24, 2.45) is 5.92 Å². The number of amides is 1. The molecule has 0 heterocycles. The third-order valence-electron chi connectivity index (χ3n) is 2.47. The molecule has 1 aromatic carbocycles. The molecule has 0 radical (unpaired) electrons. The smallest absolute Gasteiger partial charge is 0.253 e. The van der Waals surface area contributed by atoms with Crippen molar-refractivity contribution in [3.63, 3.8) is 0 Å². The van der Waals surface area contributed by atoms with Gasteiger partial charge in [-0.25, -0.2) is 0 Å². The van der Waals surface area contributed by atoms with Crippen LogP contribution in [0.1, 0.15) is 24.2 Å². The van der Waals surface area contributed by atoms with E-state index in [1.807, 2.05) is 6.92 Å². The second-order valence-electron chi connectivity index (χ2n) is 3.88. The molecule has 0 aliphatic rings. The van der Waals surface area contributed by atoms with Gasteiger partial charge in [0.25, 0.3) is 5.91 Å².